The van der Waals surface area contributed by atoms with Crippen LogP contribution in [0.4, 0.5) is 5.82 Å². The summed E-state index contributed by atoms with van der Waals surface area (Å²) in [6.07, 6.45) is 6.18. The molecule has 0 aliphatic rings. The Kier molecular flexibility index (Phi) is 4.64. The van der Waals surface area contributed by atoms with Gasteiger partial charge < -0.3 is 18.0 Å². The molecule has 0 aliphatic heterocycles. The van der Waals surface area contributed by atoms with Crippen LogP contribution in [-0.4, -0.2) is 29.3 Å². The Labute approximate surface area is 175 Å². The third kappa shape index (κ3) is 3.40. The summed E-state index contributed by atoms with van der Waals surface area (Å²) in [6.45, 7) is 0. The number of hydrogen-bond acceptors (Lipinski definition) is 8. The molecule has 0 atom stereocenters. The molecule has 5 aromatic rings. The molecule has 8 nitrogen and oxygen atoms in total. The van der Waals surface area contributed by atoms with Gasteiger partial charge in [-0.1, -0.05) is 12.1 Å². The van der Waals surface area contributed by atoms with Crippen LogP contribution in [-0.2, 0) is 4.74 Å². The topological polar surface area (TPSA) is 104 Å². The monoisotopic (exact) mass is 413 g/mol. The van der Waals surface area contributed by atoms with E-state index in [0.717, 1.165) is 5.56 Å². The normalized spacial score (nSPS) is 11.4. The van der Waals surface area contributed by atoms with E-state index in [4.69, 9.17) is 18.0 Å². The van der Waals surface area contributed by atoms with E-state index in [0.29, 0.717) is 45.3 Å². The second kappa shape index (κ2) is 7.75. The number of benzene rings is 1. The van der Waals surface area contributed by atoms with Crippen molar-refractivity contribution < 1.29 is 22.8 Å². The van der Waals surface area contributed by atoms with E-state index >= 15 is 0 Å². The number of fused-ring (bicyclic) bond motifs is 1. The summed E-state index contributed by atoms with van der Waals surface area (Å²) < 4.78 is 21.9. The molecule has 0 fully saturated rings. The number of aromatic nitrogens is 2. The fraction of sp³-hybridized carbons (Fsp3) is 0.0435. The van der Waals surface area contributed by atoms with Crippen molar-refractivity contribution in [2.45, 2.75) is 0 Å². The molecule has 0 unspecified atom stereocenters. The van der Waals surface area contributed by atoms with Gasteiger partial charge in [0.25, 0.3) is 0 Å². The van der Waals surface area contributed by atoms with Crippen LogP contribution in [0.2, 0.25) is 0 Å². The maximum atomic E-state index is 11.6. The zero-order chi connectivity index (χ0) is 21.2. The standard InChI is InChI=1S/C23H15N3O5/c1-28-23(27)15-8-6-14(7-9-15)12-24-21-19-18(16-4-2-10-29-16)20(17-5-3-11-30-17)31-22(19)26-13-25-21/h2-13H,1H3. The molecule has 4 aromatic heterocycles. The smallest absolute Gasteiger partial charge is 0.337 e. The number of furan rings is 3. The number of nitrogens with zero attached hydrogens (tertiary/aromatic N) is 3. The minimum Gasteiger partial charge on any atom is -0.465 e. The number of carbonyl (C=O) groups excluding carboxylic acids is 1. The van der Waals surface area contributed by atoms with Crippen molar-refractivity contribution in [3.63, 3.8) is 0 Å². The van der Waals surface area contributed by atoms with E-state index in [1.807, 2.05) is 6.07 Å². The molecular weight excluding hydrogens is 398 g/mol. The van der Waals surface area contributed by atoms with Crippen molar-refractivity contribution in [2.24, 2.45) is 4.99 Å². The lowest BCUT2D eigenvalue weighted by molar-refractivity contribution is 0.0600. The average Bonchev–Trinajstić information content (AvgIpc) is 3.57. The number of methoxy groups -OCH3 is 1. The number of hydrogen-bond donors (Lipinski definition) is 0. The molecule has 0 aliphatic carbocycles. The van der Waals surface area contributed by atoms with Crippen molar-refractivity contribution in [1.29, 1.82) is 0 Å². The van der Waals surface area contributed by atoms with E-state index < -0.39 is 5.97 Å². The van der Waals surface area contributed by atoms with Gasteiger partial charge >= 0.3 is 5.97 Å². The first-order valence-electron chi connectivity index (χ1n) is 9.32. The maximum absolute atomic E-state index is 11.6. The highest BCUT2D eigenvalue weighted by atomic mass is 16.5. The highest BCUT2D eigenvalue weighted by Crippen LogP contribution is 2.43. The Bertz CT molecular complexity index is 1370. The van der Waals surface area contributed by atoms with Crippen LogP contribution in [0.3, 0.4) is 0 Å². The largest absolute Gasteiger partial charge is 0.465 e. The summed E-state index contributed by atoms with van der Waals surface area (Å²) in [5.74, 6) is 1.62. The number of carbonyl (C=O) groups is 1. The molecular formula is C23H15N3O5. The molecule has 0 spiro atoms. The Morgan fingerprint density at radius 3 is 2.42 bits per heavy atom. The van der Waals surface area contributed by atoms with Crippen molar-refractivity contribution in [2.75, 3.05) is 7.11 Å². The number of aliphatic imine (C=N–C) groups is 1. The third-order valence-electron chi connectivity index (χ3n) is 4.65. The van der Waals surface area contributed by atoms with Crippen LogP contribution in [0.25, 0.3) is 33.9 Å². The highest BCUT2D eigenvalue weighted by Gasteiger charge is 2.25. The lowest BCUT2D eigenvalue weighted by Crippen LogP contribution is -2.00. The molecule has 0 N–H and O–H groups in total. The number of rotatable bonds is 5. The van der Waals surface area contributed by atoms with E-state index in [-0.39, 0.29) is 0 Å². The summed E-state index contributed by atoms with van der Waals surface area (Å²) in [5, 5.41) is 0.603. The fourth-order valence-corrected chi connectivity index (χ4v) is 3.21. The quantitative estimate of drug-likeness (QED) is 0.285. The van der Waals surface area contributed by atoms with Crippen LogP contribution in [0.1, 0.15) is 15.9 Å². The fourth-order valence-electron chi connectivity index (χ4n) is 3.21. The second-order valence-corrected chi connectivity index (χ2v) is 6.51. The van der Waals surface area contributed by atoms with Gasteiger partial charge in [-0.15, -0.1) is 0 Å². The van der Waals surface area contributed by atoms with Gasteiger partial charge in [0.1, 0.15) is 12.1 Å². The van der Waals surface area contributed by atoms with Gasteiger partial charge in [-0.25, -0.2) is 19.8 Å². The summed E-state index contributed by atoms with van der Waals surface area (Å²) in [5.41, 5.74) is 2.26. The van der Waals surface area contributed by atoms with Crippen molar-refractivity contribution in [3.8, 4) is 22.8 Å². The zero-order valence-corrected chi connectivity index (χ0v) is 16.3. The Morgan fingerprint density at radius 1 is 1.00 bits per heavy atom. The molecule has 8 heteroatoms. The van der Waals surface area contributed by atoms with Gasteiger partial charge in [-0.3, -0.25) is 0 Å². The van der Waals surface area contributed by atoms with Gasteiger partial charge in [0.15, 0.2) is 17.3 Å². The molecule has 152 valence electrons. The summed E-state index contributed by atoms with van der Waals surface area (Å²) in [6, 6.07) is 14.1. The first kappa shape index (κ1) is 18.6. The van der Waals surface area contributed by atoms with Crippen LogP contribution in [0.5, 0.6) is 0 Å². The van der Waals surface area contributed by atoms with E-state index in [1.165, 1.54) is 13.4 Å². The van der Waals surface area contributed by atoms with E-state index in [9.17, 15) is 4.79 Å². The van der Waals surface area contributed by atoms with Crippen molar-refractivity contribution in [3.05, 3.63) is 78.5 Å². The maximum Gasteiger partial charge on any atom is 0.337 e. The molecule has 31 heavy (non-hydrogen) atoms. The van der Waals surface area contributed by atoms with Crippen molar-refractivity contribution >= 4 is 29.1 Å². The van der Waals surface area contributed by atoms with Crippen LogP contribution < -0.4 is 0 Å². The highest BCUT2D eigenvalue weighted by molar-refractivity contribution is 6.04. The van der Waals surface area contributed by atoms with Gasteiger partial charge in [0.2, 0.25) is 5.71 Å². The van der Waals surface area contributed by atoms with E-state index in [2.05, 4.69) is 15.0 Å². The molecule has 0 bridgehead atoms. The van der Waals surface area contributed by atoms with Crippen molar-refractivity contribution in [1.82, 2.24) is 9.97 Å². The molecule has 0 saturated heterocycles. The predicted molar refractivity (Wildman–Crippen MR) is 112 cm³/mol. The first-order chi connectivity index (χ1) is 15.2. The third-order valence-corrected chi connectivity index (χ3v) is 4.65. The second-order valence-electron chi connectivity index (χ2n) is 6.51. The molecule has 5 rings (SSSR count). The predicted octanol–water partition coefficient (Wildman–Crippen LogP) is 5.28. The van der Waals surface area contributed by atoms with E-state index in [1.54, 1.807) is 61.2 Å². The summed E-state index contributed by atoms with van der Waals surface area (Å²) in [7, 11) is 1.34. The van der Waals surface area contributed by atoms with Crippen LogP contribution >= 0.6 is 0 Å². The van der Waals surface area contributed by atoms with Gasteiger partial charge in [0, 0.05) is 6.21 Å². The lowest BCUT2D eigenvalue weighted by atomic mass is 10.1. The Hall–Kier alpha value is -4.46. The van der Waals surface area contributed by atoms with Gasteiger partial charge in [-0.2, -0.15) is 0 Å². The lowest BCUT2D eigenvalue weighted by Gasteiger charge is -2.00. The van der Waals surface area contributed by atoms with Crippen LogP contribution in [0.15, 0.2) is 85.6 Å². The molecule has 1 aromatic carbocycles. The Balaban J connectivity index is 1.61. The first-order valence-corrected chi connectivity index (χ1v) is 9.32. The van der Waals surface area contributed by atoms with Crippen LogP contribution in [0, 0.1) is 0 Å². The van der Waals surface area contributed by atoms with Gasteiger partial charge in [-0.05, 0) is 42.0 Å². The average molecular weight is 413 g/mol. The molecule has 0 amide bonds. The number of esters is 1. The minimum absolute atomic E-state index is 0.362. The number of ether oxygens (including phenoxy) is 1. The summed E-state index contributed by atoms with van der Waals surface area (Å²) >= 11 is 0. The summed E-state index contributed by atoms with van der Waals surface area (Å²) in [4.78, 5) is 24.7. The Morgan fingerprint density at radius 2 is 1.74 bits per heavy atom. The minimum atomic E-state index is -0.395. The van der Waals surface area contributed by atoms with Gasteiger partial charge in [0.05, 0.1) is 36.1 Å². The SMILES string of the molecule is COC(=O)c1ccc(C=Nc2ncnc3oc(-c4ccco4)c(-c4ccco4)c23)cc1. The molecule has 4 heterocycles. The zero-order valence-electron chi connectivity index (χ0n) is 16.3. The molecule has 0 saturated carbocycles. The molecule has 0 radical (unpaired) electrons.